The minimum Gasteiger partial charge on any atom is -0.486 e. The van der Waals surface area contributed by atoms with Crippen molar-refractivity contribution < 1.29 is 14.9 Å². The van der Waals surface area contributed by atoms with Gasteiger partial charge in [-0.05, 0) is 56.6 Å². The molecule has 5 aliphatic rings. The molecule has 2 aliphatic heterocycles. The Bertz CT molecular complexity index is 732. The van der Waals surface area contributed by atoms with E-state index in [0.717, 1.165) is 37.6 Å². The van der Waals surface area contributed by atoms with Crippen molar-refractivity contribution in [3.05, 3.63) is 29.3 Å². The van der Waals surface area contributed by atoms with Crippen molar-refractivity contribution in [1.82, 2.24) is 4.90 Å². The summed E-state index contributed by atoms with van der Waals surface area (Å²) in [7, 11) is 0. The number of piperidine rings is 1. The van der Waals surface area contributed by atoms with Gasteiger partial charge in [0, 0.05) is 24.2 Å². The van der Waals surface area contributed by atoms with Gasteiger partial charge in [0.2, 0.25) is 0 Å². The van der Waals surface area contributed by atoms with Crippen molar-refractivity contribution >= 4 is 0 Å². The van der Waals surface area contributed by atoms with E-state index in [2.05, 4.69) is 17.0 Å². The van der Waals surface area contributed by atoms with Crippen molar-refractivity contribution in [1.29, 1.82) is 0 Å². The van der Waals surface area contributed by atoms with Crippen molar-refractivity contribution in [3.8, 4) is 5.75 Å². The number of nitrogens with zero attached hydrogens (tertiary/aromatic N) is 1. The molecular formula is C21H26NO3. The van der Waals surface area contributed by atoms with Gasteiger partial charge in [-0.25, -0.2) is 0 Å². The summed E-state index contributed by atoms with van der Waals surface area (Å²) in [6.45, 7) is 2.13. The average Bonchev–Trinajstić information content (AvgIpc) is 2.90. The molecule has 3 fully saturated rings. The van der Waals surface area contributed by atoms with Crippen LogP contribution in [0.25, 0.3) is 0 Å². The van der Waals surface area contributed by atoms with Crippen LogP contribution in [0, 0.1) is 12.0 Å². The molecule has 1 saturated heterocycles. The molecule has 3 aliphatic carbocycles. The Morgan fingerprint density at radius 3 is 2.96 bits per heavy atom. The molecule has 6 rings (SSSR count). The van der Waals surface area contributed by atoms with E-state index in [4.69, 9.17) is 4.74 Å². The van der Waals surface area contributed by atoms with E-state index in [-0.39, 0.29) is 12.1 Å². The lowest BCUT2D eigenvalue weighted by atomic mass is 9.48. The minimum atomic E-state index is -0.785. The summed E-state index contributed by atoms with van der Waals surface area (Å²) in [6, 6.07) is 7.50. The number of hydrogen-bond acceptors (Lipinski definition) is 4. The largest absolute Gasteiger partial charge is 0.486 e. The topological polar surface area (TPSA) is 52.9 Å². The zero-order valence-corrected chi connectivity index (χ0v) is 14.6. The normalized spacial score (nSPS) is 44.8. The van der Waals surface area contributed by atoms with Gasteiger partial charge in [0.1, 0.15) is 11.9 Å². The van der Waals surface area contributed by atoms with Crippen LogP contribution in [0.3, 0.4) is 0 Å². The Morgan fingerprint density at radius 2 is 2.16 bits per heavy atom. The van der Waals surface area contributed by atoms with Crippen molar-refractivity contribution in [2.24, 2.45) is 5.92 Å². The second-order valence-corrected chi connectivity index (χ2v) is 9.01. The van der Waals surface area contributed by atoms with Crippen LogP contribution >= 0.6 is 0 Å². The van der Waals surface area contributed by atoms with E-state index in [1.165, 1.54) is 30.4 Å². The molecular weight excluding hydrogens is 314 g/mol. The highest BCUT2D eigenvalue weighted by Gasteiger charge is 2.72. The lowest BCUT2D eigenvalue weighted by molar-refractivity contribution is -0.209. The van der Waals surface area contributed by atoms with Crippen LogP contribution < -0.4 is 4.74 Å². The fraction of sp³-hybridized carbons (Fsp3) is 0.714. The van der Waals surface area contributed by atoms with Crippen LogP contribution in [0.4, 0.5) is 0 Å². The van der Waals surface area contributed by atoms with Gasteiger partial charge in [-0.2, -0.15) is 0 Å². The summed E-state index contributed by atoms with van der Waals surface area (Å²) in [5.74, 6) is 1.59. The molecule has 25 heavy (non-hydrogen) atoms. The van der Waals surface area contributed by atoms with Crippen molar-refractivity contribution in [2.75, 3.05) is 13.1 Å². The first-order chi connectivity index (χ1) is 12.1. The highest BCUT2D eigenvalue weighted by atomic mass is 16.5. The number of hydrogen-bond donors (Lipinski definition) is 2. The number of ether oxygens (including phenoxy) is 1. The third-order valence-corrected chi connectivity index (χ3v) is 8.08. The van der Waals surface area contributed by atoms with Crippen LogP contribution in [0.1, 0.15) is 49.7 Å². The summed E-state index contributed by atoms with van der Waals surface area (Å²) in [5, 5.41) is 22.8. The summed E-state index contributed by atoms with van der Waals surface area (Å²) >= 11 is 0. The third kappa shape index (κ3) is 1.65. The second-order valence-electron chi connectivity index (χ2n) is 9.01. The molecule has 4 nitrogen and oxygen atoms in total. The number of rotatable bonds is 2. The molecule has 1 radical (unpaired) electrons. The Hall–Kier alpha value is -1.10. The highest BCUT2D eigenvalue weighted by Crippen LogP contribution is 2.63. The third-order valence-electron chi connectivity index (χ3n) is 8.08. The van der Waals surface area contributed by atoms with Crippen LogP contribution in [0.15, 0.2) is 12.1 Å². The summed E-state index contributed by atoms with van der Waals surface area (Å²) in [6.07, 6.45) is 6.31. The van der Waals surface area contributed by atoms with Crippen molar-refractivity contribution in [3.63, 3.8) is 0 Å². The Kier molecular flexibility index (Phi) is 2.87. The first kappa shape index (κ1) is 15.0. The summed E-state index contributed by atoms with van der Waals surface area (Å²) < 4.78 is 6.22. The van der Waals surface area contributed by atoms with Gasteiger partial charge in [-0.1, -0.05) is 18.6 Å². The number of aliphatic hydroxyl groups excluding tert-OH is 1. The smallest absolute Gasteiger partial charge is 0.137 e. The molecule has 1 aromatic carbocycles. The molecule has 1 spiro atoms. The first-order valence-electron chi connectivity index (χ1n) is 9.99. The number of aliphatic hydroxyl groups is 2. The molecule has 2 heterocycles. The predicted molar refractivity (Wildman–Crippen MR) is 92.6 cm³/mol. The van der Waals surface area contributed by atoms with Gasteiger partial charge < -0.3 is 14.9 Å². The molecule has 2 N–H and O–H groups in total. The second kappa shape index (κ2) is 4.79. The minimum absolute atomic E-state index is 0.154. The molecule has 5 atom stereocenters. The maximum atomic E-state index is 12.1. The summed E-state index contributed by atoms with van der Waals surface area (Å²) in [4.78, 5) is 2.57. The first-order valence-corrected chi connectivity index (χ1v) is 9.99. The molecule has 1 aromatic rings. The van der Waals surface area contributed by atoms with Gasteiger partial charge in [0.15, 0.2) is 0 Å². The van der Waals surface area contributed by atoms with Gasteiger partial charge in [-0.3, -0.25) is 4.90 Å². The lowest BCUT2D eigenvalue weighted by Gasteiger charge is -2.64. The molecule has 2 bridgehead atoms. The fourth-order valence-corrected chi connectivity index (χ4v) is 6.71. The van der Waals surface area contributed by atoms with Crippen LogP contribution in [-0.4, -0.2) is 52.1 Å². The predicted octanol–water partition coefficient (Wildman–Crippen LogP) is 1.80. The van der Waals surface area contributed by atoms with Crippen LogP contribution in [0.5, 0.6) is 5.75 Å². The van der Waals surface area contributed by atoms with Gasteiger partial charge in [-0.15, -0.1) is 0 Å². The van der Waals surface area contributed by atoms with E-state index < -0.39 is 17.1 Å². The Morgan fingerprint density at radius 1 is 1.28 bits per heavy atom. The Labute approximate surface area is 148 Å². The maximum absolute atomic E-state index is 12.1. The average molecular weight is 340 g/mol. The highest BCUT2D eigenvalue weighted by molar-refractivity contribution is 5.57. The summed E-state index contributed by atoms with van der Waals surface area (Å²) in [5.41, 5.74) is 1.25. The van der Waals surface area contributed by atoms with E-state index in [1.807, 2.05) is 6.07 Å². The van der Waals surface area contributed by atoms with Crippen molar-refractivity contribution in [2.45, 2.75) is 74.2 Å². The van der Waals surface area contributed by atoms with E-state index in [9.17, 15) is 10.2 Å². The zero-order valence-electron chi connectivity index (χ0n) is 14.6. The molecule has 5 unspecified atom stereocenters. The van der Waals surface area contributed by atoms with E-state index >= 15 is 0 Å². The van der Waals surface area contributed by atoms with Gasteiger partial charge >= 0.3 is 0 Å². The molecule has 0 amide bonds. The lowest BCUT2D eigenvalue weighted by Crippen LogP contribution is -2.77. The molecule has 133 valence electrons. The van der Waals surface area contributed by atoms with Gasteiger partial charge in [0.25, 0.3) is 0 Å². The molecule has 0 aromatic heterocycles. The standard InChI is InChI=1S/C21H26NO3/c23-15-7-8-21(24)17-11-14-5-2-6-16-18(14)20(21,19(15)25-16)9-10-22(17)12-13-3-1-4-13/h2,5,13,15,17,19,23-24H,1,3-4,7-12H2. The molecule has 4 heteroatoms. The maximum Gasteiger partial charge on any atom is 0.137 e. The van der Waals surface area contributed by atoms with E-state index in [0.29, 0.717) is 12.8 Å². The van der Waals surface area contributed by atoms with Crippen LogP contribution in [-0.2, 0) is 11.8 Å². The number of benzene rings is 1. The molecule has 2 saturated carbocycles. The van der Waals surface area contributed by atoms with Gasteiger partial charge in [0.05, 0.1) is 17.1 Å². The van der Waals surface area contributed by atoms with E-state index in [1.54, 1.807) is 0 Å². The SMILES string of the molecule is OC1CCC2(O)C3Cc4cc[c]c5c4C2(CCN3CC2CCC2)C1O5. The van der Waals surface area contributed by atoms with Crippen LogP contribution in [0.2, 0.25) is 0 Å². The quantitative estimate of drug-likeness (QED) is 0.862. The zero-order chi connectivity index (χ0) is 16.8. The monoisotopic (exact) mass is 340 g/mol. The Balaban J connectivity index is 1.51. The number of likely N-dealkylation sites (tertiary alicyclic amines) is 1. The fourth-order valence-electron chi connectivity index (χ4n) is 6.71.